The van der Waals surface area contributed by atoms with Crippen LogP contribution in [0.3, 0.4) is 0 Å². The minimum atomic E-state index is -4.47. The number of halogens is 3. The van der Waals surface area contributed by atoms with E-state index in [1.165, 1.54) is 11.6 Å². The zero-order valence-corrected chi connectivity index (χ0v) is 12.7. The Hall–Kier alpha value is -2.32. The summed E-state index contributed by atoms with van der Waals surface area (Å²) >= 11 is 0. The Morgan fingerprint density at radius 1 is 1.35 bits per heavy atom. The van der Waals surface area contributed by atoms with E-state index in [2.05, 4.69) is 15.5 Å². The first-order valence-electron chi connectivity index (χ1n) is 7.22. The van der Waals surface area contributed by atoms with Crippen molar-refractivity contribution in [2.45, 2.75) is 39.0 Å². The number of carbonyl (C=O) groups is 1. The van der Waals surface area contributed by atoms with Gasteiger partial charge in [-0.3, -0.25) is 14.2 Å². The second kappa shape index (κ2) is 7.30. The molecule has 2 aromatic rings. The smallest absolute Gasteiger partial charge is 0.356 e. The Labute approximate surface area is 131 Å². The maximum absolute atomic E-state index is 12.5. The monoisotopic (exact) mass is 329 g/mol. The number of rotatable bonds is 7. The van der Waals surface area contributed by atoms with Crippen LogP contribution in [0.25, 0.3) is 0 Å². The highest BCUT2D eigenvalue weighted by Gasteiger charge is 2.34. The van der Waals surface area contributed by atoms with Crippen LogP contribution in [-0.4, -0.2) is 32.0 Å². The number of aromatic nitrogens is 4. The first kappa shape index (κ1) is 17.0. The van der Waals surface area contributed by atoms with Crippen molar-refractivity contribution in [3.8, 4) is 0 Å². The molecule has 0 radical (unpaired) electrons. The molecule has 2 aromatic heterocycles. The van der Waals surface area contributed by atoms with Gasteiger partial charge in [0.2, 0.25) is 5.91 Å². The van der Waals surface area contributed by atoms with Gasteiger partial charge in [0.15, 0.2) is 5.69 Å². The van der Waals surface area contributed by atoms with Gasteiger partial charge in [0, 0.05) is 44.1 Å². The van der Waals surface area contributed by atoms with Crippen LogP contribution in [-0.2, 0) is 24.1 Å². The van der Waals surface area contributed by atoms with Crippen LogP contribution in [0, 0.1) is 6.92 Å². The van der Waals surface area contributed by atoms with E-state index in [-0.39, 0.29) is 18.9 Å². The number of hydrogen-bond acceptors (Lipinski definition) is 3. The van der Waals surface area contributed by atoms with Crippen LogP contribution in [0.1, 0.15) is 24.2 Å². The van der Waals surface area contributed by atoms with Gasteiger partial charge in [-0.05, 0) is 25.5 Å². The highest BCUT2D eigenvalue weighted by atomic mass is 19.4. The number of carbonyl (C=O) groups excluding carboxylic acids is 1. The molecule has 126 valence electrons. The van der Waals surface area contributed by atoms with Crippen molar-refractivity contribution >= 4 is 5.91 Å². The van der Waals surface area contributed by atoms with E-state index < -0.39 is 11.9 Å². The van der Waals surface area contributed by atoms with Crippen LogP contribution in [0.5, 0.6) is 0 Å². The molecule has 1 N–H and O–H groups in total. The van der Waals surface area contributed by atoms with Crippen LogP contribution >= 0.6 is 0 Å². The second-order valence-electron chi connectivity index (χ2n) is 5.11. The highest BCUT2D eigenvalue weighted by Crippen LogP contribution is 2.28. The summed E-state index contributed by atoms with van der Waals surface area (Å²) < 4.78 is 40.6. The third-order valence-electron chi connectivity index (χ3n) is 3.27. The summed E-state index contributed by atoms with van der Waals surface area (Å²) in [7, 11) is 0. The molecule has 6 nitrogen and oxygen atoms in total. The molecule has 0 aliphatic heterocycles. The molecule has 0 unspecified atom stereocenters. The van der Waals surface area contributed by atoms with Gasteiger partial charge in [-0.2, -0.15) is 23.4 Å². The average Bonchev–Trinajstić information content (AvgIpc) is 3.10. The Morgan fingerprint density at radius 3 is 2.74 bits per heavy atom. The first-order chi connectivity index (χ1) is 10.9. The lowest BCUT2D eigenvalue weighted by Crippen LogP contribution is -2.26. The molecule has 0 atom stereocenters. The number of nitrogens with zero attached hydrogens (tertiary/aromatic N) is 4. The number of nitrogens with one attached hydrogen (secondary N) is 1. The van der Waals surface area contributed by atoms with Crippen LogP contribution < -0.4 is 5.32 Å². The summed E-state index contributed by atoms with van der Waals surface area (Å²) in [6.07, 6.45) is -0.139. The van der Waals surface area contributed by atoms with Crippen molar-refractivity contribution in [2.75, 3.05) is 6.54 Å². The molecule has 0 aromatic carbocycles. The van der Waals surface area contributed by atoms with E-state index in [0.29, 0.717) is 18.8 Å². The topological polar surface area (TPSA) is 64.7 Å². The van der Waals surface area contributed by atoms with E-state index in [9.17, 15) is 18.0 Å². The lowest BCUT2D eigenvalue weighted by atomic mass is 10.3. The van der Waals surface area contributed by atoms with Crippen molar-refractivity contribution in [2.24, 2.45) is 0 Å². The molecule has 0 fully saturated rings. The van der Waals surface area contributed by atoms with E-state index in [4.69, 9.17) is 0 Å². The molecular formula is C14H18F3N5O. The zero-order chi connectivity index (χ0) is 16.9. The van der Waals surface area contributed by atoms with Crippen molar-refractivity contribution in [1.29, 1.82) is 0 Å². The summed E-state index contributed by atoms with van der Waals surface area (Å²) in [5, 5.41) is 10.3. The Balaban J connectivity index is 1.71. The summed E-state index contributed by atoms with van der Waals surface area (Å²) in [6.45, 7) is 2.84. The largest absolute Gasteiger partial charge is 0.435 e. The van der Waals surface area contributed by atoms with Gasteiger partial charge in [0.25, 0.3) is 0 Å². The fraction of sp³-hybridized carbons (Fsp3) is 0.500. The summed E-state index contributed by atoms with van der Waals surface area (Å²) in [5.41, 5.74) is -0.557. The number of hydrogen-bond donors (Lipinski definition) is 1. The molecule has 0 bridgehead atoms. The van der Waals surface area contributed by atoms with Gasteiger partial charge in [-0.25, -0.2) is 0 Å². The summed E-state index contributed by atoms with van der Waals surface area (Å²) in [6, 6.07) is 2.79. The van der Waals surface area contributed by atoms with Gasteiger partial charge in [-0.15, -0.1) is 0 Å². The molecule has 2 rings (SSSR count). The van der Waals surface area contributed by atoms with E-state index in [1.807, 2.05) is 12.3 Å². The van der Waals surface area contributed by atoms with Gasteiger partial charge in [0.1, 0.15) is 0 Å². The van der Waals surface area contributed by atoms with E-state index in [1.54, 1.807) is 10.9 Å². The molecule has 0 aliphatic carbocycles. The molecule has 0 aliphatic rings. The standard InChI is InChI=1S/C14H18F3N5O/c1-11-10-12(14(15,16)17)20-22(11)9-4-13(23)18-5-2-7-21-8-3-6-19-21/h3,6,8,10H,2,4-5,7,9H2,1H3,(H,18,23). The molecule has 9 heteroatoms. The Kier molecular flexibility index (Phi) is 5.41. The van der Waals surface area contributed by atoms with Crippen LogP contribution in [0.2, 0.25) is 0 Å². The van der Waals surface area contributed by atoms with Crippen molar-refractivity contribution < 1.29 is 18.0 Å². The molecule has 0 spiro atoms. The van der Waals surface area contributed by atoms with Crippen molar-refractivity contribution in [1.82, 2.24) is 24.9 Å². The summed E-state index contributed by atoms with van der Waals surface area (Å²) in [5.74, 6) is -0.214. The highest BCUT2D eigenvalue weighted by molar-refractivity contribution is 5.75. The Bertz CT molecular complexity index is 633. The fourth-order valence-electron chi connectivity index (χ4n) is 2.07. The second-order valence-corrected chi connectivity index (χ2v) is 5.11. The van der Waals surface area contributed by atoms with Crippen molar-refractivity contribution in [3.05, 3.63) is 35.9 Å². The fourth-order valence-corrected chi connectivity index (χ4v) is 2.07. The first-order valence-corrected chi connectivity index (χ1v) is 7.22. The van der Waals surface area contributed by atoms with Gasteiger partial charge >= 0.3 is 6.18 Å². The maximum Gasteiger partial charge on any atom is 0.435 e. The molecular weight excluding hydrogens is 311 g/mol. The van der Waals surface area contributed by atoms with Gasteiger partial charge < -0.3 is 5.32 Å². The number of aryl methyl sites for hydroxylation is 3. The Morgan fingerprint density at radius 2 is 2.13 bits per heavy atom. The predicted octanol–water partition coefficient (Wildman–Crippen LogP) is 2.00. The number of alkyl halides is 3. The minimum absolute atomic E-state index is 0.0849. The van der Waals surface area contributed by atoms with Crippen LogP contribution in [0.4, 0.5) is 13.2 Å². The molecule has 2 heterocycles. The zero-order valence-electron chi connectivity index (χ0n) is 12.7. The molecule has 23 heavy (non-hydrogen) atoms. The third kappa shape index (κ3) is 5.11. The predicted molar refractivity (Wildman–Crippen MR) is 76.4 cm³/mol. The van der Waals surface area contributed by atoms with E-state index in [0.717, 1.165) is 12.5 Å². The normalized spacial score (nSPS) is 11.7. The number of amides is 1. The van der Waals surface area contributed by atoms with Crippen molar-refractivity contribution in [3.63, 3.8) is 0 Å². The quantitative estimate of drug-likeness (QED) is 0.790. The minimum Gasteiger partial charge on any atom is -0.356 e. The lowest BCUT2D eigenvalue weighted by molar-refractivity contribution is -0.141. The maximum atomic E-state index is 12.5. The SMILES string of the molecule is Cc1cc(C(F)(F)F)nn1CCC(=O)NCCCn1cccn1. The van der Waals surface area contributed by atoms with Gasteiger partial charge in [-0.1, -0.05) is 0 Å². The molecule has 0 saturated carbocycles. The molecule has 0 saturated heterocycles. The lowest BCUT2D eigenvalue weighted by Gasteiger charge is -2.07. The van der Waals surface area contributed by atoms with E-state index >= 15 is 0 Å². The van der Waals surface area contributed by atoms with Gasteiger partial charge in [0.05, 0.1) is 0 Å². The summed E-state index contributed by atoms with van der Waals surface area (Å²) in [4.78, 5) is 11.7. The molecule has 1 amide bonds. The average molecular weight is 329 g/mol. The third-order valence-corrected chi connectivity index (χ3v) is 3.27. The van der Waals surface area contributed by atoms with Crippen LogP contribution in [0.15, 0.2) is 24.5 Å².